The Balaban J connectivity index is 1.22. The fraction of sp³-hybridized carbons (Fsp3) is 0.500. The Kier molecular flexibility index (Phi) is 4.73. The van der Waals surface area contributed by atoms with E-state index in [1.54, 1.807) is 17.3 Å². The molecule has 0 atom stereocenters. The number of piperidine rings is 1. The van der Waals surface area contributed by atoms with E-state index in [0.717, 1.165) is 30.0 Å². The van der Waals surface area contributed by atoms with E-state index in [1.807, 2.05) is 23.1 Å². The summed E-state index contributed by atoms with van der Waals surface area (Å²) in [7, 11) is 0. The summed E-state index contributed by atoms with van der Waals surface area (Å²) < 4.78 is 18.7. The molecule has 0 aromatic carbocycles. The smallest absolute Gasteiger partial charge is 0.320 e. The lowest BCUT2D eigenvalue weighted by Crippen LogP contribution is -2.57. The number of urea groups is 1. The molecule has 0 saturated carbocycles. The molecular weight excluding hydrogens is 337 g/mol. The Morgan fingerprint density at radius 3 is 2.65 bits per heavy atom. The number of aromatic nitrogens is 3. The van der Waals surface area contributed by atoms with E-state index in [-0.39, 0.29) is 19.1 Å². The van der Waals surface area contributed by atoms with Crippen LogP contribution in [0.25, 0.3) is 11.4 Å². The molecule has 0 aliphatic carbocycles. The van der Waals surface area contributed by atoms with E-state index in [4.69, 9.17) is 4.74 Å². The van der Waals surface area contributed by atoms with Crippen molar-refractivity contribution < 1.29 is 13.9 Å². The van der Waals surface area contributed by atoms with Crippen LogP contribution in [0.15, 0.2) is 30.6 Å². The quantitative estimate of drug-likeness (QED) is 0.909. The molecule has 0 bridgehead atoms. The van der Waals surface area contributed by atoms with E-state index in [9.17, 15) is 9.18 Å². The highest BCUT2D eigenvalue weighted by molar-refractivity contribution is 5.75. The van der Waals surface area contributed by atoms with Gasteiger partial charge in [-0.25, -0.2) is 9.18 Å². The SMILES string of the molecule is O=C(N1CCC(COc2ccc(-c3ccn[nH]3)nc2)CC1)N1CC(F)C1. The third kappa shape index (κ3) is 3.63. The van der Waals surface area contributed by atoms with Gasteiger partial charge in [0.2, 0.25) is 0 Å². The molecule has 8 heteroatoms. The van der Waals surface area contributed by atoms with Crippen LogP contribution in [0.5, 0.6) is 5.75 Å². The van der Waals surface area contributed by atoms with Gasteiger partial charge < -0.3 is 14.5 Å². The predicted molar refractivity (Wildman–Crippen MR) is 93.5 cm³/mol. The highest BCUT2D eigenvalue weighted by Crippen LogP contribution is 2.23. The van der Waals surface area contributed by atoms with Gasteiger partial charge >= 0.3 is 6.03 Å². The topological polar surface area (TPSA) is 74.4 Å². The summed E-state index contributed by atoms with van der Waals surface area (Å²) in [6.07, 6.45) is 4.36. The third-order valence-corrected chi connectivity index (χ3v) is 4.99. The number of ether oxygens (including phenoxy) is 1. The first-order valence-corrected chi connectivity index (χ1v) is 8.95. The molecule has 0 spiro atoms. The number of alkyl halides is 1. The van der Waals surface area contributed by atoms with Crippen LogP contribution in [0.3, 0.4) is 0 Å². The minimum absolute atomic E-state index is 0.0307. The van der Waals surface area contributed by atoms with Gasteiger partial charge in [0, 0.05) is 19.3 Å². The molecule has 138 valence electrons. The van der Waals surface area contributed by atoms with Crippen LogP contribution in [0.1, 0.15) is 12.8 Å². The molecule has 4 rings (SSSR count). The van der Waals surface area contributed by atoms with Crippen molar-refractivity contribution in [1.29, 1.82) is 0 Å². The van der Waals surface area contributed by atoms with Crippen LogP contribution in [-0.4, -0.2) is 70.0 Å². The largest absolute Gasteiger partial charge is 0.492 e. The maximum Gasteiger partial charge on any atom is 0.320 e. The highest BCUT2D eigenvalue weighted by atomic mass is 19.1. The van der Waals surface area contributed by atoms with Gasteiger partial charge in [-0.3, -0.25) is 10.1 Å². The van der Waals surface area contributed by atoms with Crippen LogP contribution < -0.4 is 4.74 Å². The summed E-state index contributed by atoms with van der Waals surface area (Å²) in [5.41, 5.74) is 1.69. The van der Waals surface area contributed by atoms with Crippen molar-refractivity contribution >= 4 is 6.03 Å². The molecule has 2 aromatic heterocycles. The van der Waals surface area contributed by atoms with E-state index in [0.29, 0.717) is 25.6 Å². The van der Waals surface area contributed by atoms with Crippen molar-refractivity contribution in [3.63, 3.8) is 0 Å². The summed E-state index contributed by atoms with van der Waals surface area (Å²) in [6, 6.07) is 5.64. The van der Waals surface area contributed by atoms with E-state index in [2.05, 4.69) is 15.2 Å². The van der Waals surface area contributed by atoms with Gasteiger partial charge in [-0.05, 0) is 37.0 Å². The number of hydrogen-bond acceptors (Lipinski definition) is 4. The Morgan fingerprint density at radius 2 is 2.04 bits per heavy atom. The number of H-pyrrole nitrogens is 1. The number of rotatable bonds is 4. The molecule has 2 aromatic rings. The predicted octanol–water partition coefficient (Wildman–Crippen LogP) is 2.34. The Labute approximate surface area is 151 Å². The van der Waals surface area contributed by atoms with Crippen LogP contribution in [0.2, 0.25) is 0 Å². The Bertz CT molecular complexity index is 723. The average molecular weight is 359 g/mol. The fourth-order valence-electron chi connectivity index (χ4n) is 3.31. The minimum Gasteiger partial charge on any atom is -0.492 e. The Hall–Kier alpha value is -2.64. The second-order valence-electron chi connectivity index (χ2n) is 6.88. The lowest BCUT2D eigenvalue weighted by atomic mass is 9.98. The zero-order chi connectivity index (χ0) is 17.9. The Morgan fingerprint density at radius 1 is 1.23 bits per heavy atom. The molecule has 2 aliphatic heterocycles. The second-order valence-corrected chi connectivity index (χ2v) is 6.88. The number of carbonyl (C=O) groups is 1. The van der Waals surface area contributed by atoms with Gasteiger partial charge in [-0.2, -0.15) is 5.10 Å². The maximum absolute atomic E-state index is 12.9. The summed E-state index contributed by atoms with van der Waals surface area (Å²) in [6.45, 7) is 2.50. The van der Waals surface area contributed by atoms with Crippen molar-refractivity contribution in [2.45, 2.75) is 19.0 Å². The zero-order valence-electron chi connectivity index (χ0n) is 14.5. The van der Waals surface area contributed by atoms with Gasteiger partial charge in [-0.1, -0.05) is 0 Å². The molecule has 2 amide bonds. The van der Waals surface area contributed by atoms with E-state index in [1.165, 1.54) is 0 Å². The number of amides is 2. The van der Waals surface area contributed by atoms with Gasteiger partial charge in [0.15, 0.2) is 0 Å². The zero-order valence-corrected chi connectivity index (χ0v) is 14.5. The van der Waals surface area contributed by atoms with Crippen LogP contribution in [0, 0.1) is 5.92 Å². The summed E-state index contributed by atoms with van der Waals surface area (Å²) >= 11 is 0. The third-order valence-electron chi connectivity index (χ3n) is 4.99. The van der Waals surface area contributed by atoms with Gasteiger partial charge in [0.25, 0.3) is 0 Å². The molecule has 0 unspecified atom stereocenters. The van der Waals surface area contributed by atoms with Gasteiger partial charge in [0.1, 0.15) is 11.9 Å². The lowest BCUT2D eigenvalue weighted by molar-refractivity contribution is 0.0578. The van der Waals surface area contributed by atoms with Crippen LogP contribution in [0.4, 0.5) is 9.18 Å². The maximum atomic E-state index is 12.9. The van der Waals surface area contributed by atoms with Crippen LogP contribution in [-0.2, 0) is 0 Å². The molecule has 0 radical (unpaired) electrons. The van der Waals surface area contributed by atoms with Crippen molar-refractivity contribution in [2.24, 2.45) is 5.92 Å². The number of carbonyl (C=O) groups excluding carboxylic acids is 1. The highest BCUT2D eigenvalue weighted by Gasteiger charge is 2.34. The molecule has 2 fully saturated rings. The lowest BCUT2D eigenvalue weighted by Gasteiger charge is -2.40. The number of halogens is 1. The second kappa shape index (κ2) is 7.31. The number of nitrogens with zero attached hydrogens (tertiary/aromatic N) is 4. The number of pyridine rings is 1. The molecular formula is C18H22FN5O2. The van der Waals surface area contributed by atoms with E-state index < -0.39 is 6.17 Å². The summed E-state index contributed by atoms with van der Waals surface area (Å²) in [4.78, 5) is 20.0. The first kappa shape index (κ1) is 16.8. The molecule has 26 heavy (non-hydrogen) atoms. The summed E-state index contributed by atoms with van der Waals surface area (Å²) in [5.74, 6) is 1.15. The molecule has 7 nitrogen and oxygen atoms in total. The van der Waals surface area contributed by atoms with Crippen molar-refractivity contribution in [1.82, 2.24) is 25.0 Å². The molecule has 2 saturated heterocycles. The minimum atomic E-state index is -0.849. The number of aromatic amines is 1. The fourth-order valence-corrected chi connectivity index (χ4v) is 3.31. The van der Waals surface area contributed by atoms with Gasteiger partial charge in [-0.15, -0.1) is 0 Å². The van der Waals surface area contributed by atoms with Crippen molar-refractivity contribution in [3.8, 4) is 17.1 Å². The monoisotopic (exact) mass is 359 g/mol. The number of likely N-dealkylation sites (tertiary alicyclic amines) is 2. The number of nitrogens with one attached hydrogen (secondary N) is 1. The standard InChI is InChI=1S/C18H22FN5O2/c19-14-10-24(11-14)18(25)23-7-4-13(5-8-23)12-26-15-1-2-16(20-9-15)17-3-6-21-22-17/h1-3,6,9,13-14H,4-5,7-8,10-12H2,(H,21,22). The average Bonchev–Trinajstić information content (AvgIpc) is 3.19. The first-order valence-electron chi connectivity index (χ1n) is 8.95. The molecule has 1 N–H and O–H groups in total. The van der Waals surface area contributed by atoms with Crippen LogP contribution >= 0.6 is 0 Å². The van der Waals surface area contributed by atoms with Gasteiger partial charge in [0.05, 0.1) is 37.3 Å². The molecule has 2 aliphatic rings. The number of hydrogen-bond donors (Lipinski definition) is 1. The van der Waals surface area contributed by atoms with E-state index >= 15 is 0 Å². The van der Waals surface area contributed by atoms with Crippen molar-refractivity contribution in [3.05, 3.63) is 30.6 Å². The van der Waals surface area contributed by atoms with Crippen molar-refractivity contribution in [2.75, 3.05) is 32.8 Å². The summed E-state index contributed by atoms with van der Waals surface area (Å²) in [5, 5.41) is 6.79. The normalized spacial score (nSPS) is 18.7. The molecule has 4 heterocycles. The first-order chi connectivity index (χ1) is 12.7.